The second-order valence-electron chi connectivity index (χ2n) is 4.47. The lowest BCUT2D eigenvalue weighted by Crippen LogP contribution is -2.17. The van der Waals surface area contributed by atoms with Crippen LogP contribution in [-0.4, -0.2) is 16.7 Å². The summed E-state index contributed by atoms with van der Waals surface area (Å²) in [5.41, 5.74) is 4.34. The number of pyridine rings is 1. The summed E-state index contributed by atoms with van der Waals surface area (Å²) in [4.78, 5) is 4.19. The van der Waals surface area contributed by atoms with Gasteiger partial charge in [-0.1, -0.05) is 12.1 Å². The van der Waals surface area contributed by atoms with Gasteiger partial charge in [0.2, 0.25) is 0 Å². The normalized spacial score (nSPS) is 17.6. The third-order valence-electron chi connectivity index (χ3n) is 3.30. The summed E-state index contributed by atoms with van der Waals surface area (Å²) in [6, 6.07) is 9.41. The van der Waals surface area contributed by atoms with Crippen LogP contribution in [0.3, 0.4) is 0 Å². The standard InChI is InChI=1S/C15H12N2O2/c16-5-10-1-3-11(4-2-10)12-6-17-7-13-14(12)8-19-9-15(13)18/h1-4,6-7,15,18H,8-9H2. The van der Waals surface area contributed by atoms with Crippen LogP contribution in [0, 0.1) is 11.3 Å². The van der Waals surface area contributed by atoms with Crippen molar-refractivity contribution in [3.8, 4) is 17.2 Å². The van der Waals surface area contributed by atoms with Crippen LogP contribution in [0.1, 0.15) is 22.8 Å². The number of ether oxygens (including phenoxy) is 1. The average Bonchev–Trinajstić information content (AvgIpc) is 2.47. The van der Waals surface area contributed by atoms with Crippen LogP contribution in [0.25, 0.3) is 11.1 Å². The Morgan fingerprint density at radius 3 is 2.79 bits per heavy atom. The van der Waals surface area contributed by atoms with Gasteiger partial charge in [-0.25, -0.2) is 0 Å². The van der Waals surface area contributed by atoms with Gasteiger partial charge in [-0.05, 0) is 23.3 Å². The van der Waals surface area contributed by atoms with Crippen LogP contribution >= 0.6 is 0 Å². The maximum Gasteiger partial charge on any atom is 0.104 e. The van der Waals surface area contributed by atoms with E-state index in [1.165, 1.54) is 0 Å². The number of aliphatic hydroxyl groups excluding tert-OH is 1. The lowest BCUT2D eigenvalue weighted by molar-refractivity contribution is 0.00981. The molecule has 4 nitrogen and oxygen atoms in total. The molecule has 0 saturated carbocycles. The molecule has 1 aromatic carbocycles. The number of nitrogens with zero attached hydrogens (tertiary/aromatic N) is 2. The van der Waals surface area contributed by atoms with Crippen molar-refractivity contribution in [1.82, 2.24) is 4.98 Å². The molecular weight excluding hydrogens is 240 g/mol. The first-order valence-corrected chi connectivity index (χ1v) is 6.02. The molecule has 0 aliphatic carbocycles. The van der Waals surface area contributed by atoms with E-state index in [-0.39, 0.29) is 0 Å². The van der Waals surface area contributed by atoms with E-state index in [9.17, 15) is 5.11 Å². The summed E-state index contributed by atoms with van der Waals surface area (Å²) in [5.74, 6) is 0. The van der Waals surface area contributed by atoms with Crippen molar-refractivity contribution in [3.05, 3.63) is 53.3 Å². The molecule has 0 fully saturated rings. The second kappa shape index (κ2) is 4.81. The highest BCUT2D eigenvalue weighted by molar-refractivity contribution is 5.68. The third-order valence-corrected chi connectivity index (χ3v) is 3.30. The first kappa shape index (κ1) is 11.8. The van der Waals surface area contributed by atoms with Crippen LogP contribution in [0.4, 0.5) is 0 Å². The van der Waals surface area contributed by atoms with Crippen molar-refractivity contribution < 1.29 is 9.84 Å². The second-order valence-corrected chi connectivity index (χ2v) is 4.47. The number of aliphatic hydroxyl groups is 1. The number of rotatable bonds is 1. The molecule has 0 radical (unpaired) electrons. The molecule has 1 N–H and O–H groups in total. The maximum absolute atomic E-state index is 9.91. The first-order chi connectivity index (χ1) is 9.29. The lowest BCUT2D eigenvalue weighted by atomic mass is 9.94. The fourth-order valence-electron chi connectivity index (χ4n) is 2.29. The van der Waals surface area contributed by atoms with Crippen molar-refractivity contribution in [2.75, 3.05) is 6.61 Å². The zero-order valence-electron chi connectivity index (χ0n) is 10.2. The van der Waals surface area contributed by atoms with E-state index in [0.29, 0.717) is 18.8 Å². The van der Waals surface area contributed by atoms with Gasteiger partial charge < -0.3 is 9.84 Å². The zero-order valence-corrected chi connectivity index (χ0v) is 10.2. The van der Waals surface area contributed by atoms with Crippen LogP contribution in [-0.2, 0) is 11.3 Å². The molecule has 1 atom stereocenters. The molecule has 2 heterocycles. The SMILES string of the molecule is N#Cc1ccc(-c2cncc3c2COCC3O)cc1. The van der Waals surface area contributed by atoms with E-state index in [1.54, 1.807) is 24.5 Å². The van der Waals surface area contributed by atoms with Gasteiger partial charge >= 0.3 is 0 Å². The summed E-state index contributed by atoms with van der Waals surface area (Å²) in [5, 5.41) is 18.7. The Labute approximate surface area is 110 Å². The number of nitriles is 1. The predicted molar refractivity (Wildman–Crippen MR) is 69.0 cm³/mol. The van der Waals surface area contributed by atoms with E-state index in [0.717, 1.165) is 22.3 Å². The Morgan fingerprint density at radius 1 is 1.26 bits per heavy atom. The molecule has 4 heteroatoms. The summed E-state index contributed by atoms with van der Waals surface area (Å²) < 4.78 is 5.39. The van der Waals surface area contributed by atoms with Crippen LogP contribution < -0.4 is 0 Å². The summed E-state index contributed by atoms with van der Waals surface area (Å²) in [7, 11) is 0. The molecule has 0 spiro atoms. The third kappa shape index (κ3) is 2.10. The average molecular weight is 252 g/mol. The van der Waals surface area contributed by atoms with Gasteiger partial charge in [0.15, 0.2) is 0 Å². The summed E-state index contributed by atoms with van der Waals surface area (Å²) in [6.07, 6.45) is 2.84. The Balaban J connectivity index is 2.10. The van der Waals surface area contributed by atoms with Crippen molar-refractivity contribution >= 4 is 0 Å². The predicted octanol–water partition coefficient (Wildman–Crippen LogP) is 2.18. The van der Waals surface area contributed by atoms with Crippen molar-refractivity contribution in [2.24, 2.45) is 0 Å². The topological polar surface area (TPSA) is 66.1 Å². The molecule has 0 bridgehead atoms. The van der Waals surface area contributed by atoms with Gasteiger partial charge in [-0.15, -0.1) is 0 Å². The zero-order chi connectivity index (χ0) is 13.2. The van der Waals surface area contributed by atoms with E-state index in [4.69, 9.17) is 10.00 Å². The molecule has 2 aromatic rings. The smallest absolute Gasteiger partial charge is 0.104 e. The van der Waals surface area contributed by atoms with Crippen molar-refractivity contribution in [2.45, 2.75) is 12.7 Å². The van der Waals surface area contributed by atoms with Crippen LogP contribution in [0.5, 0.6) is 0 Å². The number of hydrogen-bond donors (Lipinski definition) is 1. The molecule has 3 rings (SSSR count). The molecule has 94 valence electrons. The monoisotopic (exact) mass is 252 g/mol. The van der Waals surface area contributed by atoms with Gasteiger partial charge in [0.25, 0.3) is 0 Å². The van der Waals surface area contributed by atoms with Crippen molar-refractivity contribution in [1.29, 1.82) is 5.26 Å². The fraction of sp³-hybridized carbons (Fsp3) is 0.200. The highest BCUT2D eigenvalue weighted by Crippen LogP contribution is 2.32. The van der Waals surface area contributed by atoms with Gasteiger partial charge in [0.05, 0.1) is 24.8 Å². The van der Waals surface area contributed by atoms with Gasteiger partial charge in [0.1, 0.15) is 6.10 Å². The Hall–Kier alpha value is -2.22. The Morgan fingerprint density at radius 2 is 2.05 bits per heavy atom. The fourth-order valence-corrected chi connectivity index (χ4v) is 2.29. The van der Waals surface area contributed by atoms with E-state index in [1.807, 2.05) is 12.1 Å². The van der Waals surface area contributed by atoms with E-state index in [2.05, 4.69) is 11.1 Å². The number of fused-ring (bicyclic) bond motifs is 1. The van der Waals surface area contributed by atoms with Gasteiger partial charge in [-0.3, -0.25) is 4.98 Å². The van der Waals surface area contributed by atoms with Crippen molar-refractivity contribution in [3.63, 3.8) is 0 Å². The van der Waals surface area contributed by atoms with Gasteiger partial charge in [-0.2, -0.15) is 5.26 Å². The summed E-state index contributed by atoms with van der Waals surface area (Å²) >= 11 is 0. The van der Waals surface area contributed by atoms with E-state index < -0.39 is 6.10 Å². The quantitative estimate of drug-likeness (QED) is 0.844. The number of benzene rings is 1. The van der Waals surface area contributed by atoms with Crippen LogP contribution in [0.15, 0.2) is 36.7 Å². The molecular formula is C15H12N2O2. The molecule has 0 amide bonds. The Kier molecular flexibility index (Phi) is 3.00. The number of aromatic nitrogens is 1. The first-order valence-electron chi connectivity index (χ1n) is 6.02. The highest BCUT2D eigenvalue weighted by Gasteiger charge is 2.21. The molecule has 1 aliphatic rings. The molecule has 1 aliphatic heterocycles. The maximum atomic E-state index is 9.91. The molecule has 19 heavy (non-hydrogen) atoms. The van der Waals surface area contributed by atoms with Crippen LogP contribution in [0.2, 0.25) is 0 Å². The minimum atomic E-state index is -0.616. The molecule has 1 unspecified atom stereocenters. The highest BCUT2D eigenvalue weighted by atomic mass is 16.5. The summed E-state index contributed by atoms with van der Waals surface area (Å²) in [6.45, 7) is 0.787. The minimum Gasteiger partial charge on any atom is -0.386 e. The Bertz CT molecular complexity index is 644. The lowest BCUT2D eigenvalue weighted by Gasteiger charge is -2.23. The molecule has 0 saturated heterocycles. The van der Waals surface area contributed by atoms with Gasteiger partial charge in [0, 0.05) is 23.5 Å². The molecule has 1 aromatic heterocycles. The van der Waals surface area contributed by atoms with E-state index >= 15 is 0 Å². The number of hydrogen-bond acceptors (Lipinski definition) is 4. The minimum absolute atomic E-state index is 0.311. The largest absolute Gasteiger partial charge is 0.386 e.